The van der Waals surface area contributed by atoms with Crippen LogP contribution < -0.4 is 4.90 Å². The lowest BCUT2D eigenvalue weighted by molar-refractivity contribution is 0.112. The van der Waals surface area contributed by atoms with E-state index in [9.17, 15) is 4.79 Å². The molecule has 0 saturated carbocycles. The Morgan fingerprint density at radius 2 is 2.18 bits per heavy atom. The van der Waals surface area contributed by atoms with Crippen LogP contribution >= 0.6 is 15.9 Å². The fourth-order valence-electron chi connectivity index (χ4n) is 2.45. The van der Waals surface area contributed by atoms with E-state index in [1.165, 1.54) is 31.4 Å². The van der Waals surface area contributed by atoms with Crippen molar-refractivity contribution in [3.05, 3.63) is 28.2 Å². The second-order valence-electron chi connectivity index (χ2n) is 4.72. The van der Waals surface area contributed by atoms with Crippen molar-refractivity contribution in [1.29, 1.82) is 0 Å². The van der Waals surface area contributed by atoms with Crippen LogP contribution in [0.4, 0.5) is 5.69 Å². The van der Waals surface area contributed by atoms with Gasteiger partial charge in [0.1, 0.15) is 0 Å². The normalized spacial score (nSPS) is 21.1. The van der Waals surface area contributed by atoms with E-state index < -0.39 is 0 Å². The molecule has 2 nitrogen and oxygen atoms in total. The zero-order chi connectivity index (χ0) is 12.3. The Hall–Kier alpha value is -0.830. The molecule has 0 spiro atoms. The van der Waals surface area contributed by atoms with Crippen LogP contribution in [-0.2, 0) is 0 Å². The van der Waals surface area contributed by atoms with Gasteiger partial charge in [0.05, 0.1) is 0 Å². The maximum Gasteiger partial charge on any atom is 0.151 e. The van der Waals surface area contributed by atoms with Crippen LogP contribution in [0.1, 0.15) is 43.0 Å². The Kier molecular flexibility index (Phi) is 4.21. The molecule has 1 atom stereocenters. The molecule has 1 saturated heterocycles. The SMILES string of the molecule is CC1CCCCCN1c1ccc(C=O)c(Br)c1. The highest BCUT2D eigenvalue weighted by molar-refractivity contribution is 9.10. The molecule has 92 valence electrons. The quantitative estimate of drug-likeness (QED) is 0.768. The topological polar surface area (TPSA) is 20.3 Å². The van der Waals surface area contributed by atoms with E-state index in [0.717, 1.165) is 22.9 Å². The van der Waals surface area contributed by atoms with Crippen molar-refractivity contribution < 1.29 is 4.79 Å². The van der Waals surface area contributed by atoms with Gasteiger partial charge >= 0.3 is 0 Å². The zero-order valence-electron chi connectivity index (χ0n) is 10.2. The van der Waals surface area contributed by atoms with Gasteiger partial charge in [0, 0.05) is 28.3 Å². The van der Waals surface area contributed by atoms with Crippen LogP contribution in [0.5, 0.6) is 0 Å². The summed E-state index contributed by atoms with van der Waals surface area (Å²) >= 11 is 3.46. The number of carbonyl (C=O) groups excluding carboxylic acids is 1. The number of anilines is 1. The first kappa shape index (κ1) is 12.6. The Morgan fingerprint density at radius 3 is 2.88 bits per heavy atom. The summed E-state index contributed by atoms with van der Waals surface area (Å²) in [5.74, 6) is 0. The minimum Gasteiger partial charge on any atom is -0.369 e. The second kappa shape index (κ2) is 5.67. The molecule has 1 fully saturated rings. The highest BCUT2D eigenvalue weighted by atomic mass is 79.9. The molecular weight excluding hydrogens is 278 g/mol. The van der Waals surface area contributed by atoms with Crippen molar-refractivity contribution in [3.8, 4) is 0 Å². The first-order chi connectivity index (χ1) is 8.22. The number of hydrogen-bond acceptors (Lipinski definition) is 2. The number of hydrogen-bond donors (Lipinski definition) is 0. The fraction of sp³-hybridized carbons (Fsp3) is 0.500. The van der Waals surface area contributed by atoms with E-state index >= 15 is 0 Å². The highest BCUT2D eigenvalue weighted by Crippen LogP contribution is 2.27. The molecule has 17 heavy (non-hydrogen) atoms. The number of carbonyl (C=O) groups is 1. The standard InChI is InChI=1S/C14H18BrNO/c1-11-5-3-2-4-8-16(11)13-7-6-12(10-17)14(15)9-13/h6-7,9-11H,2-5,8H2,1H3. The van der Waals surface area contributed by atoms with Gasteiger partial charge in [0.2, 0.25) is 0 Å². The summed E-state index contributed by atoms with van der Waals surface area (Å²) in [7, 11) is 0. The van der Waals surface area contributed by atoms with Crippen molar-refractivity contribution in [1.82, 2.24) is 0 Å². The number of benzene rings is 1. The van der Waals surface area contributed by atoms with E-state index in [1.807, 2.05) is 6.07 Å². The van der Waals surface area contributed by atoms with Gasteiger partial charge in [0.25, 0.3) is 0 Å². The molecule has 0 aliphatic carbocycles. The molecule has 1 aliphatic rings. The van der Waals surface area contributed by atoms with Crippen LogP contribution in [0.3, 0.4) is 0 Å². The Bertz CT molecular complexity index is 405. The molecule has 0 radical (unpaired) electrons. The van der Waals surface area contributed by atoms with Crippen LogP contribution in [0.2, 0.25) is 0 Å². The predicted octanol–water partition coefficient (Wildman–Crippen LogP) is 4.03. The van der Waals surface area contributed by atoms with E-state index in [-0.39, 0.29) is 0 Å². The Labute approximate surface area is 111 Å². The lowest BCUT2D eigenvalue weighted by atomic mass is 10.1. The summed E-state index contributed by atoms with van der Waals surface area (Å²) in [6.45, 7) is 3.40. The van der Waals surface area contributed by atoms with E-state index in [2.05, 4.69) is 39.9 Å². The Balaban J connectivity index is 2.25. The van der Waals surface area contributed by atoms with Gasteiger partial charge < -0.3 is 4.90 Å². The maximum atomic E-state index is 10.8. The van der Waals surface area contributed by atoms with Gasteiger partial charge in [-0.2, -0.15) is 0 Å². The lowest BCUT2D eigenvalue weighted by Gasteiger charge is -2.29. The van der Waals surface area contributed by atoms with Crippen LogP contribution in [-0.4, -0.2) is 18.9 Å². The summed E-state index contributed by atoms with van der Waals surface area (Å²) in [6, 6.07) is 6.60. The first-order valence-electron chi connectivity index (χ1n) is 6.24. The van der Waals surface area contributed by atoms with Gasteiger partial charge in [-0.15, -0.1) is 0 Å². The smallest absolute Gasteiger partial charge is 0.151 e. The van der Waals surface area contributed by atoms with Crippen LogP contribution in [0, 0.1) is 0 Å². The molecule has 0 amide bonds. The maximum absolute atomic E-state index is 10.8. The van der Waals surface area contributed by atoms with Crippen molar-refractivity contribution in [2.45, 2.75) is 38.6 Å². The van der Waals surface area contributed by atoms with Crippen molar-refractivity contribution in [2.75, 3.05) is 11.4 Å². The molecule has 1 heterocycles. The summed E-state index contributed by atoms with van der Waals surface area (Å²) < 4.78 is 0.890. The second-order valence-corrected chi connectivity index (χ2v) is 5.57. The molecule has 1 aliphatic heterocycles. The molecule has 0 aromatic heterocycles. The number of aldehydes is 1. The molecule has 1 aromatic rings. The molecule has 3 heteroatoms. The summed E-state index contributed by atoms with van der Waals surface area (Å²) in [5.41, 5.74) is 1.94. The summed E-state index contributed by atoms with van der Waals surface area (Å²) in [6.07, 6.45) is 6.06. The highest BCUT2D eigenvalue weighted by Gasteiger charge is 2.17. The average Bonchev–Trinajstić information content (AvgIpc) is 2.54. The molecule has 0 bridgehead atoms. The summed E-state index contributed by atoms with van der Waals surface area (Å²) in [5, 5.41) is 0. The third-order valence-electron chi connectivity index (χ3n) is 3.50. The first-order valence-corrected chi connectivity index (χ1v) is 7.03. The predicted molar refractivity (Wildman–Crippen MR) is 74.8 cm³/mol. The van der Waals surface area contributed by atoms with Gasteiger partial charge in [-0.25, -0.2) is 0 Å². The van der Waals surface area contributed by atoms with Crippen molar-refractivity contribution in [2.24, 2.45) is 0 Å². The monoisotopic (exact) mass is 295 g/mol. The van der Waals surface area contributed by atoms with E-state index in [4.69, 9.17) is 0 Å². The molecule has 0 N–H and O–H groups in total. The van der Waals surface area contributed by atoms with E-state index in [1.54, 1.807) is 0 Å². The molecule has 2 rings (SSSR count). The largest absolute Gasteiger partial charge is 0.369 e. The minimum atomic E-state index is 0.589. The third-order valence-corrected chi connectivity index (χ3v) is 4.18. The minimum absolute atomic E-state index is 0.589. The lowest BCUT2D eigenvalue weighted by Crippen LogP contribution is -2.32. The van der Waals surface area contributed by atoms with E-state index in [0.29, 0.717) is 6.04 Å². The van der Waals surface area contributed by atoms with Gasteiger partial charge in [-0.05, 0) is 53.9 Å². The summed E-state index contributed by atoms with van der Waals surface area (Å²) in [4.78, 5) is 13.2. The number of rotatable bonds is 2. The number of halogens is 1. The molecular formula is C14H18BrNO. The third kappa shape index (κ3) is 2.89. The van der Waals surface area contributed by atoms with Crippen LogP contribution in [0.15, 0.2) is 22.7 Å². The van der Waals surface area contributed by atoms with Crippen molar-refractivity contribution in [3.63, 3.8) is 0 Å². The molecule has 1 aromatic carbocycles. The van der Waals surface area contributed by atoms with Gasteiger partial charge in [-0.3, -0.25) is 4.79 Å². The van der Waals surface area contributed by atoms with Crippen molar-refractivity contribution >= 4 is 27.9 Å². The van der Waals surface area contributed by atoms with Gasteiger partial charge in [0.15, 0.2) is 6.29 Å². The zero-order valence-corrected chi connectivity index (χ0v) is 11.7. The number of nitrogens with zero attached hydrogens (tertiary/aromatic N) is 1. The van der Waals surface area contributed by atoms with Gasteiger partial charge in [-0.1, -0.05) is 12.8 Å². The van der Waals surface area contributed by atoms with Crippen LogP contribution in [0.25, 0.3) is 0 Å². The molecule has 1 unspecified atom stereocenters. The Morgan fingerprint density at radius 1 is 1.35 bits per heavy atom. The fourth-order valence-corrected chi connectivity index (χ4v) is 2.91. The average molecular weight is 296 g/mol.